The van der Waals surface area contributed by atoms with Gasteiger partial charge in [-0.05, 0) is 18.2 Å². The van der Waals surface area contributed by atoms with Crippen LogP contribution in [0.3, 0.4) is 0 Å². The number of nitrogens with zero attached hydrogens (tertiary/aromatic N) is 3. The first kappa shape index (κ1) is 16.6. The van der Waals surface area contributed by atoms with E-state index in [1.807, 2.05) is 0 Å². The molecule has 1 aliphatic heterocycles. The van der Waals surface area contributed by atoms with Gasteiger partial charge < -0.3 is 9.47 Å². The number of hydrogen-bond donors (Lipinski definition) is 1. The third-order valence-corrected chi connectivity index (χ3v) is 4.34. The Morgan fingerprint density at radius 3 is 3.08 bits per heavy atom. The average molecular weight is 369 g/mol. The molecule has 2 amide bonds. The molecule has 2 heterocycles. The fraction of sp³-hybridized carbons (Fsp3) is 0.286. The molecule has 24 heavy (non-hydrogen) atoms. The Balaban J connectivity index is 1.69. The molecule has 1 aromatic carbocycles. The van der Waals surface area contributed by atoms with Crippen LogP contribution in [0.2, 0.25) is 5.02 Å². The quantitative estimate of drug-likeness (QED) is 0.808. The van der Waals surface area contributed by atoms with Crippen molar-refractivity contribution in [2.75, 3.05) is 26.0 Å². The van der Waals surface area contributed by atoms with Crippen LogP contribution in [0.5, 0.6) is 5.75 Å². The Kier molecular flexibility index (Phi) is 4.91. The van der Waals surface area contributed by atoms with E-state index in [0.29, 0.717) is 27.3 Å². The Morgan fingerprint density at radius 2 is 2.38 bits per heavy atom. The van der Waals surface area contributed by atoms with Crippen molar-refractivity contribution in [2.24, 2.45) is 0 Å². The van der Waals surface area contributed by atoms with Crippen molar-refractivity contribution in [3.05, 3.63) is 23.2 Å². The maximum Gasteiger partial charge on any atom is 0.416 e. The normalized spacial score (nSPS) is 13.9. The zero-order chi connectivity index (χ0) is 17.1. The molecule has 0 aliphatic carbocycles. The average Bonchev–Trinajstić information content (AvgIpc) is 3.21. The molecule has 0 radical (unpaired) electrons. The summed E-state index contributed by atoms with van der Waals surface area (Å²) in [4.78, 5) is 28.7. The number of carbonyl (C=O) groups is 2. The van der Waals surface area contributed by atoms with Gasteiger partial charge in [-0.2, -0.15) is 0 Å². The maximum atomic E-state index is 12.0. The molecule has 1 N–H and O–H groups in total. The van der Waals surface area contributed by atoms with E-state index in [-0.39, 0.29) is 24.8 Å². The van der Waals surface area contributed by atoms with Crippen LogP contribution in [0.1, 0.15) is 0 Å². The van der Waals surface area contributed by atoms with Gasteiger partial charge >= 0.3 is 6.09 Å². The largest absolute Gasteiger partial charge is 0.496 e. The molecule has 10 heteroatoms. The number of aromatic amines is 1. The number of amides is 2. The molecule has 0 spiro atoms. The summed E-state index contributed by atoms with van der Waals surface area (Å²) in [5.41, 5.74) is 0.666. The Bertz CT molecular complexity index is 782. The van der Waals surface area contributed by atoms with Gasteiger partial charge in [-0.3, -0.25) is 9.89 Å². The number of nitrogens with one attached hydrogen (secondary N) is 1. The smallest absolute Gasteiger partial charge is 0.416 e. The number of benzene rings is 1. The van der Waals surface area contributed by atoms with Crippen molar-refractivity contribution in [3.8, 4) is 17.1 Å². The summed E-state index contributed by atoms with van der Waals surface area (Å²) in [6.07, 6.45) is -0.611. The van der Waals surface area contributed by atoms with Gasteiger partial charge in [0.25, 0.3) is 0 Å². The lowest BCUT2D eigenvalue weighted by atomic mass is 10.2. The van der Waals surface area contributed by atoms with E-state index < -0.39 is 6.09 Å². The highest BCUT2D eigenvalue weighted by atomic mass is 35.5. The number of methoxy groups -OCH3 is 1. The minimum absolute atomic E-state index is 0.0407. The number of hydrogen-bond acceptors (Lipinski definition) is 7. The molecule has 3 rings (SSSR count). The highest BCUT2D eigenvalue weighted by Gasteiger charge is 2.28. The Morgan fingerprint density at radius 1 is 1.54 bits per heavy atom. The molecule has 1 aliphatic rings. The van der Waals surface area contributed by atoms with Gasteiger partial charge in [0.1, 0.15) is 12.4 Å². The first-order valence-corrected chi connectivity index (χ1v) is 8.31. The van der Waals surface area contributed by atoms with E-state index in [2.05, 4.69) is 15.2 Å². The summed E-state index contributed by atoms with van der Waals surface area (Å²) < 4.78 is 10.0. The zero-order valence-corrected chi connectivity index (χ0v) is 14.2. The number of carbonyl (C=O) groups excluding carboxylic acids is 2. The van der Waals surface area contributed by atoms with E-state index in [0.717, 1.165) is 16.7 Å². The van der Waals surface area contributed by atoms with E-state index in [9.17, 15) is 9.59 Å². The number of imide groups is 1. The maximum absolute atomic E-state index is 12.0. The standard InChI is InChI=1S/C14H13ClN4O4S/c1-22-10-3-2-8(15)6-9(10)12-16-13(18-17-12)24-7-11(20)19-4-5-23-14(19)21/h2-3,6H,4-5,7H2,1H3,(H,16,17,18). The monoisotopic (exact) mass is 368 g/mol. The van der Waals surface area contributed by atoms with Crippen LogP contribution < -0.4 is 4.74 Å². The van der Waals surface area contributed by atoms with Crippen LogP contribution in [0.15, 0.2) is 23.4 Å². The topological polar surface area (TPSA) is 97.4 Å². The van der Waals surface area contributed by atoms with Crippen molar-refractivity contribution in [3.63, 3.8) is 0 Å². The third kappa shape index (κ3) is 3.46. The Labute approximate surface area is 146 Å². The van der Waals surface area contributed by atoms with Crippen LogP contribution in [-0.4, -0.2) is 58.1 Å². The number of thioether (sulfide) groups is 1. The summed E-state index contributed by atoms with van der Waals surface area (Å²) >= 11 is 7.13. The van der Waals surface area contributed by atoms with Crippen molar-refractivity contribution in [1.82, 2.24) is 20.1 Å². The van der Waals surface area contributed by atoms with Crippen LogP contribution in [0.4, 0.5) is 4.79 Å². The first-order valence-electron chi connectivity index (χ1n) is 6.94. The molecule has 1 aromatic heterocycles. The second-order valence-electron chi connectivity index (χ2n) is 4.76. The number of rotatable bonds is 5. The highest BCUT2D eigenvalue weighted by Crippen LogP contribution is 2.31. The van der Waals surface area contributed by atoms with Crippen LogP contribution in [0, 0.1) is 0 Å². The molecule has 0 saturated carbocycles. The molecule has 1 fully saturated rings. The van der Waals surface area contributed by atoms with Gasteiger partial charge in [0.05, 0.1) is 25.0 Å². The van der Waals surface area contributed by atoms with E-state index in [4.69, 9.17) is 21.1 Å². The predicted octanol–water partition coefficient (Wildman–Crippen LogP) is 2.20. The zero-order valence-electron chi connectivity index (χ0n) is 12.6. The molecular weight excluding hydrogens is 356 g/mol. The summed E-state index contributed by atoms with van der Waals surface area (Å²) in [6, 6.07) is 5.15. The lowest BCUT2D eigenvalue weighted by molar-refractivity contribution is -0.125. The number of H-pyrrole nitrogens is 1. The Hall–Kier alpha value is -2.26. The summed E-state index contributed by atoms with van der Waals surface area (Å²) in [6.45, 7) is 0.506. The van der Waals surface area contributed by atoms with Gasteiger partial charge in [0.15, 0.2) is 5.82 Å². The fourth-order valence-corrected chi connectivity index (χ4v) is 2.97. The van der Waals surface area contributed by atoms with Gasteiger partial charge in [-0.25, -0.2) is 14.7 Å². The molecule has 1 saturated heterocycles. The summed E-state index contributed by atoms with van der Waals surface area (Å²) in [5, 5.41) is 7.77. The highest BCUT2D eigenvalue weighted by molar-refractivity contribution is 7.99. The lowest BCUT2D eigenvalue weighted by Crippen LogP contribution is -2.33. The third-order valence-electron chi connectivity index (χ3n) is 3.27. The second kappa shape index (κ2) is 7.10. The molecule has 0 unspecified atom stereocenters. The molecule has 2 aromatic rings. The summed E-state index contributed by atoms with van der Waals surface area (Å²) in [5.74, 6) is 0.779. The van der Waals surface area contributed by atoms with E-state index in [1.54, 1.807) is 25.3 Å². The van der Waals surface area contributed by atoms with Crippen LogP contribution in [0.25, 0.3) is 11.4 Å². The van der Waals surface area contributed by atoms with Crippen molar-refractivity contribution in [2.45, 2.75) is 5.16 Å². The van der Waals surface area contributed by atoms with Gasteiger partial charge in [-0.15, -0.1) is 5.10 Å². The molecule has 0 atom stereocenters. The van der Waals surface area contributed by atoms with E-state index >= 15 is 0 Å². The second-order valence-corrected chi connectivity index (χ2v) is 6.14. The minimum Gasteiger partial charge on any atom is -0.496 e. The molecule has 126 valence electrons. The molecular formula is C14H13ClN4O4S. The summed E-state index contributed by atoms with van der Waals surface area (Å²) in [7, 11) is 1.55. The van der Waals surface area contributed by atoms with Gasteiger partial charge in [0, 0.05) is 5.02 Å². The molecule has 8 nitrogen and oxygen atoms in total. The fourth-order valence-electron chi connectivity index (χ4n) is 2.12. The number of aromatic nitrogens is 3. The van der Waals surface area contributed by atoms with Gasteiger partial charge in [0.2, 0.25) is 11.1 Å². The van der Waals surface area contributed by atoms with Crippen molar-refractivity contribution in [1.29, 1.82) is 0 Å². The number of ether oxygens (including phenoxy) is 2. The van der Waals surface area contributed by atoms with E-state index in [1.165, 1.54) is 0 Å². The number of cyclic esters (lactones) is 1. The van der Waals surface area contributed by atoms with Gasteiger partial charge in [-0.1, -0.05) is 23.4 Å². The number of halogens is 1. The minimum atomic E-state index is -0.611. The van der Waals surface area contributed by atoms with Crippen LogP contribution >= 0.6 is 23.4 Å². The lowest BCUT2D eigenvalue weighted by Gasteiger charge is -2.08. The predicted molar refractivity (Wildman–Crippen MR) is 87.2 cm³/mol. The van der Waals surface area contributed by atoms with Crippen molar-refractivity contribution < 1.29 is 19.1 Å². The molecule has 0 bridgehead atoms. The SMILES string of the molecule is COc1ccc(Cl)cc1-c1nc(SCC(=O)N2CCOC2=O)n[nH]1. The van der Waals surface area contributed by atoms with Crippen molar-refractivity contribution >= 4 is 35.4 Å². The van der Waals surface area contributed by atoms with Crippen LogP contribution in [-0.2, 0) is 9.53 Å². The first-order chi connectivity index (χ1) is 11.6.